The Kier molecular flexibility index (Phi) is 6.15. The molecule has 1 amide bonds. The number of hydrogen-bond acceptors (Lipinski definition) is 6. The van der Waals surface area contributed by atoms with E-state index in [2.05, 4.69) is 10.0 Å². The zero-order valence-corrected chi connectivity index (χ0v) is 18.5. The predicted octanol–water partition coefficient (Wildman–Crippen LogP) is 4.20. The van der Waals surface area contributed by atoms with Gasteiger partial charge in [0.1, 0.15) is 17.4 Å². The third kappa shape index (κ3) is 4.83. The van der Waals surface area contributed by atoms with Crippen LogP contribution in [0.2, 0.25) is 0 Å². The number of ether oxygens (including phenoxy) is 2. The molecule has 1 aliphatic rings. The molecule has 7 nitrogen and oxygen atoms in total. The Balaban J connectivity index is 1.49. The fourth-order valence-corrected chi connectivity index (χ4v) is 5.33. The summed E-state index contributed by atoms with van der Waals surface area (Å²) in [5.41, 5.74) is 1.60. The molecule has 31 heavy (non-hydrogen) atoms. The summed E-state index contributed by atoms with van der Waals surface area (Å²) in [5, 5.41) is 4.71. The second-order valence-electron chi connectivity index (χ2n) is 6.96. The SMILES string of the molecule is CCC(NC(=O)c1cccc(NS(=O)(=O)c2cccs2)c1)c1ccc2c(c1)OCCO2. The molecular weight excluding hydrogens is 436 g/mol. The maximum atomic E-state index is 12.9. The van der Waals surface area contributed by atoms with Crippen molar-refractivity contribution >= 4 is 33.0 Å². The number of sulfonamides is 1. The Morgan fingerprint density at radius 2 is 1.87 bits per heavy atom. The summed E-state index contributed by atoms with van der Waals surface area (Å²) < 4.78 is 38.8. The van der Waals surface area contributed by atoms with E-state index in [1.54, 1.807) is 29.6 Å². The van der Waals surface area contributed by atoms with E-state index in [0.29, 0.717) is 42.4 Å². The minimum absolute atomic E-state index is 0.215. The highest BCUT2D eigenvalue weighted by Gasteiger charge is 2.20. The number of benzene rings is 2. The maximum absolute atomic E-state index is 12.9. The first-order valence-corrected chi connectivity index (χ1v) is 12.2. The van der Waals surface area contributed by atoms with Gasteiger partial charge in [-0.05, 0) is 53.8 Å². The first-order chi connectivity index (χ1) is 15.0. The minimum Gasteiger partial charge on any atom is -0.486 e. The van der Waals surface area contributed by atoms with Crippen molar-refractivity contribution in [3.05, 3.63) is 71.1 Å². The number of fused-ring (bicyclic) bond motifs is 1. The van der Waals surface area contributed by atoms with Crippen molar-refractivity contribution in [2.45, 2.75) is 23.6 Å². The fraction of sp³-hybridized carbons (Fsp3) is 0.227. The van der Waals surface area contributed by atoms with Crippen LogP contribution in [0.15, 0.2) is 64.2 Å². The van der Waals surface area contributed by atoms with E-state index in [-0.39, 0.29) is 16.2 Å². The Hall–Kier alpha value is -3.04. The van der Waals surface area contributed by atoms with Crippen molar-refractivity contribution in [2.75, 3.05) is 17.9 Å². The summed E-state index contributed by atoms with van der Waals surface area (Å²) in [4.78, 5) is 12.9. The number of carbonyl (C=O) groups excluding carboxylic acids is 1. The average molecular weight is 459 g/mol. The number of amides is 1. The first-order valence-electron chi connectivity index (χ1n) is 9.83. The highest BCUT2D eigenvalue weighted by atomic mass is 32.2. The van der Waals surface area contributed by atoms with Crippen LogP contribution in [0.1, 0.15) is 35.3 Å². The summed E-state index contributed by atoms with van der Waals surface area (Å²) in [7, 11) is -3.68. The molecule has 1 unspecified atom stereocenters. The molecule has 0 spiro atoms. The smallest absolute Gasteiger partial charge is 0.271 e. The van der Waals surface area contributed by atoms with Crippen LogP contribution >= 0.6 is 11.3 Å². The lowest BCUT2D eigenvalue weighted by atomic mass is 10.0. The third-order valence-electron chi connectivity index (χ3n) is 4.82. The fourth-order valence-electron chi connectivity index (χ4n) is 3.29. The van der Waals surface area contributed by atoms with Crippen molar-refractivity contribution in [3.8, 4) is 11.5 Å². The summed E-state index contributed by atoms with van der Waals surface area (Å²) in [6, 6.07) is 15.0. The van der Waals surface area contributed by atoms with Crippen molar-refractivity contribution in [1.82, 2.24) is 5.32 Å². The van der Waals surface area contributed by atoms with E-state index < -0.39 is 10.0 Å². The molecule has 0 saturated carbocycles. The predicted molar refractivity (Wildman–Crippen MR) is 119 cm³/mol. The number of carbonyl (C=O) groups is 1. The molecular formula is C22H22N2O5S2. The van der Waals surface area contributed by atoms with E-state index in [1.807, 2.05) is 25.1 Å². The zero-order valence-electron chi connectivity index (χ0n) is 16.8. The van der Waals surface area contributed by atoms with E-state index in [1.165, 1.54) is 12.1 Å². The quantitative estimate of drug-likeness (QED) is 0.553. The van der Waals surface area contributed by atoms with Gasteiger partial charge >= 0.3 is 0 Å². The third-order valence-corrected chi connectivity index (χ3v) is 7.60. The van der Waals surface area contributed by atoms with Crippen LogP contribution in [-0.4, -0.2) is 27.5 Å². The Morgan fingerprint density at radius 1 is 1.06 bits per heavy atom. The Bertz CT molecular complexity index is 1180. The van der Waals surface area contributed by atoms with E-state index >= 15 is 0 Å². The van der Waals surface area contributed by atoms with E-state index in [4.69, 9.17) is 9.47 Å². The van der Waals surface area contributed by atoms with Crippen molar-refractivity contribution < 1.29 is 22.7 Å². The summed E-state index contributed by atoms with van der Waals surface area (Å²) in [6.07, 6.45) is 0.677. The van der Waals surface area contributed by atoms with Gasteiger partial charge in [0, 0.05) is 11.3 Å². The van der Waals surface area contributed by atoms with Gasteiger partial charge in [-0.25, -0.2) is 8.42 Å². The molecule has 1 aromatic heterocycles. The number of hydrogen-bond donors (Lipinski definition) is 2. The molecule has 4 rings (SSSR count). The van der Waals surface area contributed by atoms with Gasteiger partial charge in [0.15, 0.2) is 11.5 Å². The molecule has 2 heterocycles. The Morgan fingerprint density at radius 3 is 2.61 bits per heavy atom. The molecule has 2 N–H and O–H groups in total. The lowest BCUT2D eigenvalue weighted by Gasteiger charge is -2.22. The van der Waals surface area contributed by atoms with E-state index in [0.717, 1.165) is 16.9 Å². The van der Waals surface area contributed by atoms with Gasteiger partial charge in [-0.15, -0.1) is 11.3 Å². The highest BCUT2D eigenvalue weighted by Crippen LogP contribution is 2.33. The van der Waals surface area contributed by atoms with Gasteiger partial charge in [-0.3, -0.25) is 9.52 Å². The van der Waals surface area contributed by atoms with Crippen LogP contribution in [0.5, 0.6) is 11.5 Å². The molecule has 2 aromatic carbocycles. The molecule has 3 aromatic rings. The van der Waals surface area contributed by atoms with Crippen LogP contribution in [0, 0.1) is 0 Å². The number of nitrogens with one attached hydrogen (secondary N) is 2. The number of thiophene rings is 1. The average Bonchev–Trinajstić information content (AvgIpc) is 3.33. The summed E-state index contributed by atoms with van der Waals surface area (Å²) in [5.74, 6) is 1.07. The van der Waals surface area contributed by atoms with Crippen LogP contribution < -0.4 is 19.5 Å². The van der Waals surface area contributed by atoms with Crippen LogP contribution in [-0.2, 0) is 10.0 Å². The van der Waals surface area contributed by atoms with Crippen molar-refractivity contribution in [2.24, 2.45) is 0 Å². The minimum atomic E-state index is -3.68. The van der Waals surface area contributed by atoms with Gasteiger partial charge < -0.3 is 14.8 Å². The molecule has 0 aliphatic carbocycles. The molecule has 0 radical (unpaired) electrons. The molecule has 0 bridgehead atoms. The van der Waals surface area contributed by atoms with Gasteiger partial charge in [-0.1, -0.05) is 25.1 Å². The molecule has 1 aliphatic heterocycles. The standard InChI is InChI=1S/C22H22N2O5S2/c1-2-18(15-8-9-19-20(14-15)29-11-10-28-19)23-22(25)16-5-3-6-17(13-16)24-31(26,27)21-7-4-12-30-21/h3-9,12-14,18,24H,2,10-11H2,1H3,(H,23,25). The normalized spacial score (nSPS) is 14.0. The monoisotopic (exact) mass is 458 g/mol. The van der Waals surface area contributed by atoms with Crippen LogP contribution in [0.3, 0.4) is 0 Å². The number of rotatable bonds is 7. The second kappa shape index (κ2) is 8.99. The topological polar surface area (TPSA) is 93.7 Å². The second-order valence-corrected chi connectivity index (χ2v) is 9.81. The Labute approximate surface area is 185 Å². The van der Waals surface area contributed by atoms with Gasteiger partial charge in [0.25, 0.3) is 15.9 Å². The van der Waals surface area contributed by atoms with Crippen LogP contribution in [0.25, 0.3) is 0 Å². The first kappa shape index (κ1) is 21.2. The van der Waals surface area contributed by atoms with Crippen molar-refractivity contribution in [3.63, 3.8) is 0 Å². The van der Waals surface area contributed by atoms with Gasteiger partial charge in [0.05, 0.1) is 6.04 Å². The summed E-state index contributed by atoms with van der Waals surface area (Å²) >= 11 is 1.13. The lowest BCUT2D eigenvalue weighted by molar-refractivity contribution is 0.0935. The largest absolute Gasteiger partial charge is 0.486 e. The number of anilines is 1. The van der Waals surface area contributed by atoms with Gasteiger partial charge in [0.2, 0.25) is 0 Å². The summed E-state index contributed by atoms with van der Waals surface area (Å²) in [6.45, 7) is 2.99. The van der Waals surface area contributed by atoms with Gasteiger partial charge in [-0.2, -0.15) is 0 Å². The molecule has 0 saturated heterocycles. The maximum Gasteiger partial charge on any atom is 0.271 e. The molecule has 9 heteroatoms. The molecule has 1 atom stereocenters. The molecule has 162 valence electrons. The van der Waals surface area contributed by atoms with Crippen LogP contribution in [0.4, 0.5) is 5.69 Å². The van der Waals surface area contributed by atoms with E-state index in [9.17, 15) is 13.2 Å². The zero-order chi connectivity index (χ0) is 21.8. The highest BCUT2D eigenvalue weighted by molar-refractivity contribution is 7.94. The molecule has 0 fully saturated rings. The lowest BCUT2D eigenvalue weighted by Crippen LogP contribution is -2.28. The van der Waals surface area contributed by atoms with Crippen molar-refractivity contribution in [1.29, 1.82) is 0 Å².